The molecule has 2 fully saturated rings. The number of rotatable bonds is 4. The van der Waals surface area contributed by atoms with Gasteiger partial charge in [-0.2, -0.15) is 0 Å². The third kappa shape index (κ3) is 4.02. The first-order chi connectivity index (χ1) is 12.5. The van der Waals surface area contributed by atoms with Crippen LogP contribution in [-0.4, -0.2) is 34.4 Å². The van der Waals surface area contributed by atoms with Crippen LogP contribution in [0, 0.1) is 19.8 Å². The van der Waals surface area contributed by atoms with Gasteiger partial charge in [0.05, 0.1) is 5.92 Å². The monoisotopic (exact) mass is 357 g/mol. The second kappa shape index (κ2) is 8.11. The number of hydrogen-bond donors (Lipinski definition) is 1. The van der Waals surface area contributed by atoms with Crippen molar-refractivity contribution in [1.82, 2.24) is 9.47 Å². The number of aryl methyl sites for hydroxylation is 1. The van der Waals surface area contributed by atoms with Crippen LogP contribution in [0.3, 0.4) is 0 Å². The number of nitrogens with zero attached hydrogens (tertiary/aromatic N) is 2. The minimum absolute atomic E-state index is 0.0292. The summed E-state index contributed by atoms with van der Waals surface area (Å²) in [5.41, 5.74) is 9.04. The van der Waals surface area contributed by atoms with E-state index in [1.165, 1.54) is 43.5 Å². The van der Waals surface area contributed by atoms with Gasteiger partial charge in [0.25, 0.3) is 0 Å². The van der Waals surface area contributed by atoms with Crippen molar-refractivity contribution in [2.24, 2.45) is 11.7 Å². The van der Waals surface area contributed by atoms with Crippen molar-refractivity contribution >= 4 is 17.9 Å². The van der Waals surface area contributed by atoms with Gasteiger partial charge in [-0.3, -0.25) is 9.59 Å². The molecule has 1 aromatic rings. The number of carbonyl (C=O) groups is 2. The molecule has 1 unspecified atom stereocenters. The molecule has 1 saturated heterocycles. The first kappa shape index (κ1) is 18.7. The molecule has 2 aliphatic rings. The second-order valence-electron chi connectivity index (χ2n) is 7.85. The summed E-state index contributed by atoms with van der Waals surface area (Å²) in [5.74, 6) is -0.543. The standard InChI is InChI=1S/C21H31N3O2/c1-15-13-17(16(2)24(15)19-8-4-3-5-9-19)10-11-20(25)23-12-6-7-18(14-23)21(22)26/h10-11,13,18-19H,3-9,12,14H2,1-2H3,(H2,22,26)/b11-10+. The highest BCUT2D eigenvalue weighted by atomic mass is 16.2. The van der Waals surface area contributed by atoms with Crippen molar-refractivity contribution in [3.05, 3.63) is 29.1 Å². The van der Waals surface area contributed by atoms with Gasteiger partial charge in [0.15, 0.2) is 0 Å². The lowest BCUT2D eigenvalue weighted by atomic mass is 9.95. The van der Waals surface area contributed by atoms with E-state index in [-0.39, 0.29) is 17.7 Å². The molecular formula is C21H31N3O2. The molecule has 142 valence electrons. The van der Waals surface area contributed by atoms with E-state index in [9.17, 15) is 9.59 Å². The number of likely N-dealkylation sites (tertiary alicyclic amines) is 1. The number of amides is 2. The molecule has 0 spiro atoms. The molecule has 26 heavy (non-hydrogen) atoms. The van der Waals surface area contributed by atoms with Crippen molar-refractivity contribution in [3.8, 4) is 0 Å². The molecule has 0 aromatic carbocycles. The van der Waals surface area contributed by atoms with E-state index in [0.29, 0.717) is 19.1 Å². The van der Waals surface area contributed by atoms with Gasteiger partial charge < -0.3 is 15.2 Å². The molecule has 0 radical (unpaired) electrons. The summed E-state index contributed by atoms with van der Waals surface area (Å²) in [5, 5.41) is 0. The Balaban J connectivity index is 1.70. The molecule has 1 aliphatic carbocycles. The molecule has 1 atom stereocenters. The smallest absolute Gasteiger partial charge is 0.246 e. The van der Waals surface area contributed by atoms with E-state index in [1.807, 2.05) is 6.08 Å². The van der Waals surface area contributed by atoms with E-state index in [0.717, 1.165) is 18.4 Å². The van der Waals surface area contributed by atoms with Crippen LogP contribution in [0.4, 0.5) is 0 Å². The van der Waals surface area contributed by atoms with E-state index >= 15 is 0 Å². The Morgan fingerprint density at radius 3 is 2.54 bits per heavy atom. The zero-order valence-corrected chi connectivity index (χ0v) is 16.0. The summed E-state index contributed by atoms with van der Waals surface area (Å²) in [4.78, 5) is 25.7. The molecule has 2 amide bonds. The lowest BCUT2D eigenvalue weighted by molar-refractivity contribution is -0.130. The van der Waals surface area contributed by atoms with Crippen molar-refractivity contribution in [2.45, 2.75) is 64.8 Å². The van der Waals surface area contributed by atoms with Crippen LogP contribution in [0.25, 0.3) is 6.08 Å². The first-order valence-electron chi connectivity index (χ1n) is 9.92. The van der Waals surface area contributed by atoms with Gasteiger partial charge in [0, 0.05) is 36.6 Å². The summed E-state index contributed by atoms with van der Waals surface area (Å²) >= 11 is 0. The van der Waals surface area contributed by atoms with Gasteiger partial charge >= 0.3 is 0 Å². The molecule has 5 heteroatoms. The largest absolute Gasteiger partial charge is 0.369 e. The summed E-state index contributed by atoms with van der Waals surface area (Å²) in [6, 6.07) is 2.77. The Hall–Kier alpha value is -2.04. The number of carbonyl (C=O) groups excluding carboxylic acids is 2. The molecule has 1 saturated carbocycles. The van der Waals surface area contributed by atoms with Crippen LogP contribution in [0.1, 0.15) is 67.9 Å². The third-order valence-corrected chi connectivity index (χ3v) is 6.00. The Bertz CT molecular complexity index is 698. The Morgan fingerprint density at radius 1 is 1.12 bits per heavy atom. The highest BCUT2D eigenvalue weighted by Crippen LogP contribution is 2.32. The van der Waals surface area contributed by atoms with E-state index in [1.54, 1.807) is 11.0 Å². The Morgan fingerprint density at radius 2 is 1.85 bits per heavy atom. The minimum Gasteiger partial charge on any atom is -0.369 e. The summed E-state index contributed by atoms with van der Waals surface area (Å²) in [7, 11) is 0. The van der Waals surface area contributed by atoms with Crippen molar-refractivity contribution in [3.63, 3.8) is 0 Å². The number of primary amides is 1. The van der Waals surface area contributed by atoms with Gasteiger partial charge in [-0.05, 0) is 57.2 Å². The van der Waals surface area contributed by atoms with Crippen LogP contribution < -0.4 is 5.73 Å². The molecule has 1 aromatic heterocycles. The highest BCUT2D eigenvalue weighted by Gasteiger charge is 2.26. The lowest BCUT2D eigenvalue weighted by Crippen LogP contribution is -2.43. The van der Waals surface area contributed by atoms with Gasteiger partial charge in [0.1, 0.15) is 0 Å². The molecule has 1 aliphatic heterocycles. The summed E-state index contributed by atoms with van der Waals surface area (Å²) in [6.07, 6.45) is 11.7. The maximum Gasteiger partial charge on any atom is 0.246 e. The van der Waals surface area contributed by atoms with Crippen LogP contribution in [0.15, 0.2) is 12.1 Å². The zero-order valence-electron chi connectivity index (χ0n) is 16.0. The van der Waals surface area contributed by atoms with E-state index in [2.05, 4.69) is 24.5 Å². The van der Waals surface area contributed by atoms with Gasteiger partial charge in [-0.15, -0.1) is 0 Å². The lowest BCUT2D eigenvalue weighted by Gasteiger charge is -2.30. The van der Waals surface area contributed by atoms with Crippen molar-refractivity contribution in [1.29, 1.82) is 0 Å². The fourth-order valence-corrected chi connectivity index (χ4v) is 4.55. The maximum atomic E-state index is 12.5. The molecule has 2 N–H and O–H groups in total. The Labute approximate surface area is 156 Å². The predicted octanol–water partition coefficient (Wildman–Crippen LogP) is 3.35. The molecule has 3 rings (SSSR count). The van der Waals surface area contributed by atoms with Gasteiger partial charge in [-0.1, -0.05) is 19.3 Å². The van der Waals surface area contributed by atoms with E-state index in [4.69, 9.17) is 5.73 Å². The molecule has 2 heterocycles. The average molecular weight is 357 g/mol. The fourth-order valence-electron chi connectivity index (χ4n) is 4.55. The highest BCUT2D eigenvalue weighted by molar-refractivity contribution is 5.92. The molecular weight excluding hydrogens is 326 g/mol. The zero-order chi connectivity index (χ0) is 18.7. The number of aromatic nitrogens is 1. The maximum absolute atomic E-state index is 12.5. The van der Waals surface area contributed by atoms with Crippen molar-refractivity contribution < 1.29 is 9.59 Å². The Kier molecular flexibility index (Phi) is 5.84. The normalized spacial score (nSPS) is 22.1. The molecule has 0 bridgehead atoms. The van der Waals surface area contributed by atoms with Crippen LogP contribution in [0.5, 0.6) is 0 Å². The first-order valence-corrected chi connectivity index (χ1v) is 9.92. The number of piperidine rings is 1. The molecule has 5 nitrogen and oxygen atoms in total. The van der Waals surface area contributed by atoms with Crippen LogP contribution in [0.2, 0.25) is 0 Å². The van der Waals surface area contributed by atoms with Gasteiger partial charge in [-0.25, -0.2) is 0 Å². The second-order valence-corrected chi connectivity index (χ2v) is 7.85. The predicted molar refractivity (Wildman–Crippen MR) is 104 cm³/mol. The average Bonchev–Trinajstić information content (AvgIpc) is 2.94. The van der Waals surface area contributed by atoms with Crippen LogP contribution in [-0.2, 0) is 9.59 Å². The minimum atomic E-state index is -0.303. The summed E-state index contributed by atoms with van der Waals surface area (Å²) < 4.78 is 2.45. The van der Waals surface area contributed by atoms with E-state index < -0.39 is 0 Å². The fraction of sp³-hybridized carbons (Fsp3) is 0.619. The number of nitrogens with two attached hydrogens (primary N) is 1. The van der Waals surface area contributed by atoms with Crippen molar-refractivity contribution in [2.75, 3.05) is 13.1 Å². The quantitative estimate of drug-likeness (QED) is 0.840. The number of hydrogen-bond acceptors (Lipinski definition) is 2. The third-order valence-electron chi connectivity index (χ3n) is 6.00. The van der Waals surface area contributed by atoms with Gasteiger partial charge in [0.2, 0.25) is 11.8 Å². The van der Waals surface area contributed by atoms with Crippen LogP contribution >= 0.6 is 0 Å². The SMILES string of the molecule is Cc1cc(/C=C/C(=O)N2CCCC(C(N)=O)C2)c(C)n1C1CCCCC1. The topological polar surface area (TPSA) is 68.3 Å². The summed E-state index contributed by atoms with van der Waals surface area (Å²) in [6.45, 7) is 5.45.